The summed E-state index contributed by atoms with van der Waals surface area (Å²) in [5, 5.41) is 6.04. The molecule has 5 nitrogen and oxygen atoms in total. The molecule has 1 aromatic rings. The van der Waals surface area contributed by atoms with Gasteiger partial charge in [-0.05, 0) is 48.4 Å². The van der Waals surface area contributed by atoms with E-state index in [1.54, 1.807) is 0 Å². The first-order valence-electron chi connectivity index (χ1n) is 9.58. The molecule has 1 aliphatic heterocycles. The lowest BCUT2D eigenvalue weighted by Crippen LogP contribution is -2.48. The van der Waals surface area contributed by atoms with Crippen LogP contribution in [0.15, 0.2) is 30.9 Å². The minimum atomic E-state index is -0.203. The normalized spacial score (nSPS) is 18.5. The van der Waals surface area contributed by atoms with Gasteiger partial charge < -0.3 is 15.4 Å². The summed E-state index contributed by atoms with van der Waals surface area (Å²) in [5.41, 5.74) is 2.88. The van der Waals surface area contributed by atoms with Gasteiger partial charge in [0.05, 0.1) is 13.2 Å². The number of hydrogen-bond acceptors (Lipinski definition) is 3. The monoisotopic (exact) mass is 356 g/mol. The lowest BCUT2D eigenvalue weighted by Gasteiger charge is -2.31. The van der Waals surface area contributed by atoms with Gasteiger partial charge in [-0.15, -0.1) is 0 Å². The van der Waals surface area contributed by atoms with Gasteiger partial charge in [0.2, 0.25) is 5.91 Å². The van der Waals surface area contributed by atoms with Gasteiger partial charge in [0, 0.05) is 18.2 Å². The van der Waals surface area contributed by atoms with E-state index in [4.69, 9.17) is 4.74 Å². The minimum absolute atomic E-state index is 0.0629. The number of amides is 2. The van der Waals surface area contributed by atoms with Crippen molar-refractivity contribution in [3.8, 4) is 0 Å². The quantitative estimate of drug-likeness (QED) is 0.770. The van der Waals surface area contributed by atoms with Gasteiger partial charge in [0.25, 0.3) is 5.91 Å². The summed E-state index contributed by atoms with van der Waals surface area (Å²) >= 11 is 0. The van der Waals surface area contributed by atoms with E-state index < -0.39 is 0 Å². The molecule has 1 heterocycles. The smallest absolute Gasteiger partial charge is 0.251 e. The Morgan fingerprint density at radius 2 is 2.08 bits per heavy atom. The van der Waals surface area contributed by atoms with Crippen molar-refractivity contribution < 1.29 is 14.3 Å². The van der Waals surface area contributed by atoms with Crippen molar-refractivity contribution in [3.05, 3.63) is 47.5 Å². The number of benzene rings is 1. The molecule has 140 valence electrons. The number of carbonyl (C=O) groups is 2. The van der Waals surface area contributed by atoms with Gasteiger partial charge >= 0.3 is 0 Å². The zero-order valence-corrected chi connectivity index (χ0v) is 15.3. The van der Waals surface area contributed by atoms with Gasteiger partial charge in [-0.1, -0.05) is 38.0 Å². The summed E-state index contributed by atoms with van der Waals surface area (Å²) in [6.45, 7) is 5.12. The third-order valence-corrected chi connectivity index (χ3v) is 5.50. The van der Waals surface area contributed by atoms with Crippen LogP contribution in [0.25, 0.3) is 0 Å². The van der Waals surface area contributed by atoms with E-state index in [9.17, 15) is 9.59 Å². The minimum Gasteiger partial charge on any atom is -0.376 e. The molecule has 1 aromatic carbocycles. The molecule has 0 radical (unpaired) electrons. The lowest BCUT2D eigenvalue weighted by atomic mass is 9.83. The van der Waals surface area contributed by atoms with Crippen LogP contribution < -0.4 is 10.6 Å². The molecule has 2 N–H and O–H groups in total. The lowest BCUT2D eigenvalue weighted by molar-refractivity contribution is -0.116. The van der Waals surface area contributed by atoms with Crippen LogP contribution in [0.3, 0.4) is 0 Å². The summed E-state index contributed by atoms with van der Waals surface area (Å²) in [5.74, 6) is 0.120. The third kappa shape index (κ3) is 4.52. The van der Waals surface area contributed by atoms with Crippen LogP contribution in [0.4, 0.5) is 0 Å². The Morgan fingerprint density at radius 1 is 1.27 bits per heavy atom. The van der Waals surface area contributed by atoms with Crippen LogP contribution in [0, 0.1) is 5.92 Å². The fourth-order valence-electron chi connectivity index (χ4n) is 4.01. The van der Waals surface area contributed by atoms with E-state index >= 15 is 0 Å². The van der Waals surface area contributed by atoms with Crippen molar-refractivity contribution in [2.24, 2.45) is 5.92 Å². The first-order chi connectivity index (χ1) is 12.7. The van der Waals surface area contributed by atoms with Crippen LogP contribution in [-0.4, -0.2) is 31.0 Å². The molecule has 1 fully saturated rings. The Bertz CT molecular complexity index is 665. The van der Waals surface area contributed by atoms with Gasteiger partial charge in [-0.25, -0.2) is 0 Å². The predicted molar refractivity (Wildman–Crippen MR) is 101 cm³/mol. The van der Waals surface area contributed by atoms with E-state index in [0.717, 1.165) is 24.8 Å². The van der Waals surface area contributed by atoms with Crippen molar-refractivity contribution in [1.82, 2.24) is 10.6 Å². The molecule has 1 atom stereocenters. The van der Waals surface area contributed by atoms with E-state index in [1.165, 1.54) is 30.9 Å². The molecule has 5 heteroatoms. The standard InChI is InChI=1S/C21H28N2O3/c1-2-20(24)22-13-19(16-7-4-3-5-8-16)23-21(25)17-10-6-9-15-11-12-26-14-18(15)17/h2,6,9-10,16,19H,1,3-5,7-8,11-14H2,(H,22,24)(H,23,25). The maximum absolute atomic E-state index is 13.0. The largest absolute Gasteiger partial charge is 0.376 e. The average molecular weight is 356 g/mol. The van der Waals surface area contributed by atoms with Crippen molar-refractivity contribution >= 4 is 11.8 Å². The molecule has 0 bridgehead atoms. The SMILES string of the molecule is C=CC(=O)NCC(NC(=O)c1cccc2c1COCC2)C1CCCCC1. The average Bonchev–Trinajstić information content (AvgIpc) is 2.70. The second-order valence-electron chi connectivity index (χ2n) is 7.17. The van der Waals surface area contributed by atoms with Gasteiger partial charge in [-0.2, -0.15) is 0 Å². The highest BCUT2D eigenvalue weighted by Gasteiger charge is 2.27. The molecule has 0 aromatic heterocycles. The first-order valence-corrected chi connectivity index (χ1v) is 9.58. The highest BCUT2D eigenvalue weighted by molar-refractivity contribution is 5.96. The van der Waals surface area contributed by atoms with E-state index in [1.807, 2.05) is 12.1 Å². The molecule has 26 heavy (non-hydrogen) atoms. The van der Waals surface area contributed by atoms with E-state index in [0.29, 0.717) is 31.2 Å². The van der Waals surface area contributed by atoms with Crippen LogP contribution in [0.2, 0.25) is 0 Å². The van der Waals surface area contributed by atoms with Gasteiger partial charge in [0.1, 0.15) is 0 Å². The molecule has 1 unspecified atom stereocenters. The predicted octanol–water partition coefficient (Wildman–Crippen LogP) is 2.74. The Labute approximate surface area is 155 Å². The van der Waals surface area contributed by atoms with Crippen molar-refractivity contribution in [2.75, 3.05) is 13.2 Å². The first kappa shape index (κ1) is 18.6. The maximum atomic E-state index is 13.0. The molecule has 0 saturated heterocycles. The zero-order chi connectivity index (χ0) is 18.4. The fourth-order valence-corrected chi connectivity index (χ4v) is 4.01. The molecule has 2 amide bonds. The second kappa shape index (κ2) is 8.99. The van der Waals surface area contributed by atoms with Crippen LogP contribution >= 0.6 is 0 Å². The van der Waals surface area contributed by atoms with Crippen LogP contribution in [0.1, 0.15) is 53.6 Å². The number of ether oxygens (including phenoxy) is 1. The second-order valence-corrected chi connectivity index (χ2v) is 7.17. The highest BCUT2D eigenvalue weighted by atomic mass is 16.5. The summed E-state index contributed by atoms with van der Waals surface area (Å²) in [7, 11) is 0. The summed E-state index contributed by atoms with van der Waals surface area (Å²) < 4.78 is 5.55. The van der Waals surface area contributed by atoms with Crippen LogP contribution in [0.5, 0.6) is 0 Å². The fraction of sp³-hybridized carbons (Fsp3) is 0.524. The Hall–Kier alpha value is -2.14. The number of nitrogens with one attached hydrogen (secondary N) is 2. The molecular formula is C21H28N2O3. The summed E-state index contributed by atoms with van der Waals surface area (Å²) in [6, 6.07) is 5.81. The number of carbonyl (C=O) groups excluding carboxylic acids is 2. The third-order valence-electron chi connectivity index (χ3n) is 5.50. The molecule has 3 rings (SSSR count). The maximum Gasteiger partial charge on any atom is 0.251 e. The van der Waals surface area contributed by atoms with E-state index in [2.05, 4.69) is 23.3 Å². The Kier molecular flexibility index (Phi) is 6.45. The van der Waals surface area contributed by atoms with Crippen molar-refractivity contribution in [3.63, 3.8) is 0 Å². The highest BCUT2D eigenvalue weighted by Crippen LogP contribution is 2.27. The Morgan fingerprint density at radius 3 is 2.85 bits per heavy atom. The summed E-state index contributed by atoms with van der Waals surface area (Å²) in [4.78, 5) is 24.6. The van der Waals surface area contributed by atoms with Crippen molar-refractivity contribution in [1.29, 1.82) is 0 Å². The summed E-state index contributed by atoms with van der Waals surface area (Å²) in [6.07, 6.45) is 7.90. The van der Waals surface area contributed by atoms with Gasteiger partial charge in [-0.3, -0.25) is 9.59 Å². The Balaban J connectivity index is 1.73. The number of fused-ring (bicyclic) bond motifs is 1. The molecule has 0 spiro atoms. The number of hydrogen-bond donors (Lipinski definition) is 2. The zero-order valence-electron chi connectivity index (χ0n) is 15.3. The topological polar surface area (TPSA) is 67.4 Å². The van der Waals surface area contributed by atoms with Crippen molar-refractivity contribution in [2.45, 2.75) is 51.2 Å². The molecular weight excluding hydrogens is 328 g/mol. The van der Waals surface area contributed by atoms with Gasteiger partial charge in [0.15, 0.2) is 0 Å². The molecule has 1 aliphatic carbocycles. The molecule has 2 aliphatic rings. The van der Waals surface area contributed by atoms with E-state index in [-0.39, 0.29) is 17.9 Å². The number of rotatable bonds is 6. The van der Waals surface area contributed by atoms with Crippen LogP contribution in [-0.2, 0) is 22.6 Å². The molecule has 1 saturated carbocycles.